The monoisotopic (exact) mass is 197 g/mol. The van der Waals surface area contributed by atoms with Crippen molar-refractivity contribution in [1.82, 2.24) is 0 Å². The summed E-state index contributed by atoms with van der Waals surface area (Å²) in [5.41, 5.74) is 6.84. The molecule has 0 bridgehead atoms. The maximum absolute atomic E-state index is 9.36. The van der Waals surface area contributed by atoms with Crippen LogP contribution >= 0.6 is 11.6 Å². The number of phenols is 1. The molecule has 1 aliphatic rings. The number of hydrogen-bond acceptors (Lipinski definition) is 2. The Bertz CT molecular complexity index is 323. The maximum atomic E-state index is 9.36. The molecule has 0 aromatic heterocycles. The van der Waals surface area contributed by atoms with Crippen molar-refractivity contribution in [3.63, 3.8) is 0 Å². The Morgan fingerprint density at radius 1 is 1.46 bits per heavy atom. The third-order valence-corrected chi connectivity index (χ3v) is 2.91. The second kappa shape index (κ2) is 3.20. The number of aromatic hydroxyl groups is 1. The predicted octanol–water partition coefficient (Wildman–Crippen LogP) is 2.46. The first-order valence-electron chi connectivity index (χ1n) is 4.43. The standard InChI is InChI=1S/C10H12ClNO/c11-9-7(2-1-3-8(9)13)10(12)6-4-5-6/h1-3,6,10,13H,4-5,12H2. The van der Waals surface area contributed by atoms with E-state index in [0.29, 0.717) is 10.9 Å². The van der Waals surface area contributed by atoms with Crippen LogP contribution in [0, 0.1) is 5.92 Å². The summed E-state index contributed by atoms with van der Waals surface area (Å²) in [7, 11) is 0. The molecule has 0 saturated heterocycles. The quantitative estimate of drug-likeness (QED) is 0.765. The van der Waals surface area contributed by atoms with E-state index in [1.165, 1.54) is 12.8 Å². The lowest BCUT2D eigenvalue weighted by atomic mass is 10.0. The molecule has 0 radical (unpaired) electrons. The van der Waals surface area contributed by atoms with Crippen LogP contribution in [0.15, 0.2) is 18.2 Å². The van der Waals surface area contributed by atoms with Crippen LogP contribution in [-0.4, -0.2) is 5.11 Å². The zero-order chi connectivity index (χ0) is 9.42. The summed E-state index contributed by atoms with van der Waals surface area (Å²) in [6.45, 7) is 0. The van der Waals surface area contributed by atoms with Crippen molar-refractivity contribution in [2.75, 3.05) is 0 Å². The molecule has 70 valence electrons. The Balaban J connectivity index is 2.32. The third kappa shape index (κ3) is 1.64. The van der Waals surface area contributed by atoms with Gasteiger partial charge in [0.25, 0.3) is 0 Å². The van der Waals surface area contributed by atoms with Crippen molar-refractivity contribution in [3.05, 3.63) is 28.8 Å². The van der Waals surface area contributed by atoms with Gasteiger partial charge in [-0.15, -0.1) is 0 Å². The second-order valence-electron chi connectivity index (χ2n) is 3.54. The molecule has 1 unspecified atom stereocenters. The van der Waals surface area contributed by atoms with Crippen molar-refractivity contribution in [1.29, 1.82) is 0 Å². The minimum Gasteiger partial charge on any atom is -0.506 e. The molecular weight excluding hydrogens is 186 g/mol. The summed E-state index contributed by atoms with van der Waals surface area (Å²) in [6.07, 6.45) is 2.35. The first-order chi connectivity index (χ1) is 6.20. The number of rotatable bonds is 2. The Morgan fingerprint density at radius 2 is 2.15 bits per heavy atom. The molecule has 13 heavy (non-hydrogen) atoms. The van der Waals surface area contributed by atoms with Crippen molar-refractivity contribution in [2.45, 2.75) is 18.9 Å². The lowest BCUT2D eigenvalue weighted by Gasteiger charge is -2.12. The number of hydrogen-bond donors (Lipinski definition) is 2. The summed E-state index contributed by atoms with van der Waals surface area (Å²) in [5, 5.41) is 9.77. The molecule has 2 nitrogen and oxygen atoms in total. The number of halogens is 1. The number of benzene rings is 1. The van der Waals surface area contributed by atoms with E-state index >= 15 is 0 Å². The predicted molar refractivity (Wildman–Crippen MR) is 52.8 cm³/mol. The molecule has 0 heterocycles. The molecular formula is C10H12ClNO. The van der Waals surface area contributed by atoms with Gasteiger partial charge in [0.1, 0.15) is 5.75 Å². The first-order valence-corrected chi connectivity index (χ1v) is 4.81. The van der Waals surface area contributed by atoms with Crippen molar-refractivity contribution in [2.24, 2.45) is 11.7 Å². The fraction of sp³-hybridized carbons (Fsp3) is 0.400. The van der Waals surface area contributed by atoms with Gasteiger partial charge in [0.2, 0.25) is 0 Å². The summed E-state index contributed by atoms with van der Waals surface area (Å²) in [4.78, 5) is 0. The fourth-order valence-corrected chi connectivity index (χ4v) is 1.76. The van der Waals surface area contributed by atoms with Gasteiger partial charge in [-0.25, -0.2) is 0 Å². The molecule has 1 saturated carbocycles. The van der Waals surface area contributed by atoms with E-state index in [9.17, 15) is 5.11 Å². The van der Waals surface area contributed by atoms with Crippen LogP contribution in [0.25, 0.3) is 0 Å². The summed E-state index contributed by atoms with van der Waals surface area (Å²) < 4.78 is 0. The van der Waals surface area contributed by atoms with Gasteiger partial charge in [-0.2, -0.15) is 0 Å². The normalized spacial score (nSPS) is 18.6. The highest BCUT2D eigenvalue weighted by Crippen LogP contribution is 2.42. The first kappa shape index (κ1) is 8.85. The van der Waals surface area contributed by atoms with Crippen LogP contribution < -0.4 is 5.73 Å². The second-order valence-corrected chi connectivity index (χ2v) is 3.92. The minimum atomic E-state index is -0.0143. The summed E-state index contributed by atoms with van der Waals surface area (Å²) >= 11 is 5.93. The molecule has 1 fully saturated rings. The highest BCUT2D eigenvalue weighted by Gasteiger charge is 2.30. The molecule has 3 heteroatoms. The maximum Gasteiger partial charge on any atom is 0.134 e. The van der Waals surface area contributed by atoms with Gasteiger partial charge >= 0.3 is 0 Å². The van der Waals surface area contributed by atoms with Gasteiger partial charge < -0.3 is 10.8 Å². The average Bonchev–Trinajstić information content (AvgIpc) is 2.91. The van der Waals surface area contributed by atoms with Gasteiger partial charge in [0.05, 0.1) is 5.02 Å². The lowest BCUT2D eigenvalue weighted by Crippen LogP contribution is -2.12. The van der Waals surface area contributed by atoms with Crippen molar-refractivity contribution in [3.8, 4) is 5.75 Å². The molecule has 0 spiro atoms. The number of phenolic OH excluding ortho intramolecular Hbond substituents is 1. The average molecular weight is 198 g/mol. The van der Waals surface area contributed by atoms with Crippen molar-refractivity contribution >= 4 is 11.6 Å². The van der Waals surface area contributed by atoms with E-state index in [1.54, 1.807) is 12.1 Å². The van der Waals surface area contributed by atoms with Crippen LogP contribution in [0.4, 0.5) is 0 Å². The lowest BCUT2D eigenvalue weighted by molar-refractivity contribution is 0.473. The van der Waals surface area contributed by atoms with Crippen LogP contribution in [0.1, 0.15) is 24.4 Å². The van der Waals surface area contributed by atoms with E-state index in [2.05, 4.69) is 0 Å². The molecule has 2 rings (SSSR count). The SMILES string of the molecule is NC(c1cccc(O)c1Cl)C1CC1. The Hall–Kier alpha value is -0.730. The zero-order valence-electron chi connectivity index (χ0n) is 7.20. The summed E-state index contributed by atoms with van der Waals surface area (Å²) in [5.74, 6) is 0.676. The van der Waals surface area contributed by atoms with Crippen LogP contribution in [0.3, 0.4) is 0 Å². The van der Waals surface area contributed by atoms with E-state index in [4.69, 9.17) is 17.3 Å². The van der Waals surface area contributed by atoms with Gasteiger partial charge in [0, 0.05) is 6.04 Å². The van der Waals surface area contributed by atoms with Gasteiger partial charge in [-0.3, -0.25) is 0 Å². The molecule has 1 aromatic rings. The van der Waals surface area contributed by atoms with E-state index in [1.807, 2.05) is 6.07 Å². The topological polar surface area (TPSA) is 46.2 Å². The van der Waals surface area contributed by atoms with E-state index in [0.717, 1.165) is 5.56 Å². The smallest absolute Gasteiger partial charge is 0.134 e. The van der Waals surface area contributed by atoms with Gasteiger partial charge in [-0.1, -0.05) is 23.7 Å². The Kier molecular flexibility index (Phi) is 2.18. The van der Waals surface area contributed by atoms with Crippen molar-refractivity contribution < 1.29 is 5.11 Å². The molecule has 3 N–H and O–H groups in total. The van der Waals surface area contributed by atoms with Crippen LogP contribution in [-0.2, 0) is 0 Å². The van der Waals surface area contributed by atoms with E-state index < -0.39 is 0 Å². The van der Waals surface area contributed by atoms with E-state index in [-0.39, 0.29) is 11.8 Å². The minimum absolute atomic E-state index is 0.0143. The Morgan fingerprint density at radius 3 is 2.77 bits per heavy atom. The number of nitrogens with two attached hydrogens (primary N) is 1. The molecule has 1 aliphatic carbocycles. The fourth-order valence-electron chi connectivity index (χ4n) is 1.50. The van der Waals surface area contributed by atoms with Gasteiger partial charge in [0.15, 0.2) is 0 Å². The molecule has 0 amide bonds. The van der Waals surface area contributed by atoms with Crippen LogP contribution in [0.5, 0.6) is 5.75 Å². The highest BCUT2D eigenvalue weighted by molar-refractivity contribution is 6.32. The molecule has 1 aromatic carbocycles. The third-order valence-electron chi connectivity index (χ3n) is 2.50. The highest BCUT2D eigenvalue weighted by atomic mass is 35.5. The summed E-state index contributed by atoms with van der Waals surface area (Å²) in [6, 6.07) is 5.22. The van der Waals surface area contributed by atoms with Gasteiger partial charge in [-0.05, 0) is 30.4 Å². The molecule has 0 aliphatic heterocycles. The van der Waals surface area contributed by atoms with Crippen LogP contribution in [0.2, 0.25) is 5.02 Å². The zero-order valence-corrected chi connectivity index (χ0v) is 7.96. The molecule has 1 atom stereocenters. The largest absolute Gasteiger partial charge is 0.506 e. The Labute approximate surface area is 82.3 Å².